The molecule has 3 rings (SSSR count). The van der Waals surface area contributed by atoms with Crippen LogP contribution in [-0.2, 0) is 21.3 Å². The van der Waals surface area contributed by atoms with Crippen molar-refractivity contribution in [1.82, 2.24) is 20.1 Å². The lowest BCUT2D eigenvalue weighted by Gasteiger charge is -2.23. The van der Waals surface area contributed by atoms with Crippen molar-refractivity contribution in [2.75, 3.05) is 31.2 Å². The zero-order chi connectivity index (χ0) is 16.7. The van der Waals surface area contributed by atoms with Crippen LogP contribution in [0.1, 0.15) is 19.8 Å². The summed E-state index contributed by atoms with van der Waals surface area (Å²) in [5, 5.41) is 12.5. The number of aromatic nitrogens is 3. The number of hydrogen-bond acceptors (Lipinski definition) is 7. The Kier molecular flexibility index (Phi) is 6.79. The van der Waals surface area contributed by atoms with Crippen molar-refractivity contribution in [1.29, 1.82) is 4.78 Å². The average molecular weight is 337 g/mol. The smallest absolute Gasteiger partial charge is 0.159 e. The number of rotatable bonds is 4. The van der Waals surface area contributed by atoms with Crippen molar-refractivity contribution in [3.63, 3.8) is 0 Å². The van der Waals surface area contributed by atoms with Crippen molar-refractivity contribution in [2.45, 2.75) is 26.3 Å². The topological polar surface area (TPSA) is 95.7 Å². The van der Waals surface area contributed by atoms with Gasteiger partial charge in [0.15, 0.2) is 5.65 Å². The van der Waals surface area contributed by atoms with Crippen LogP contribution in [0.25, 0.3) is 11.0 Å². The van der Waals surface area contributed by atoms with Gasteiger partial charge in [0.2, 0.25) is 0 Å². The minimum atomic E-state index is -1.36. The van der Waals surface area contributed by atoms with Gasteiger partial charge in [0.1, 0.15) is 0 Å². The lowest BCUT2D eigenvalue weighted by molar-refractivity contribution is 0.390. The molecule has 0 atom stereocenters. The van der Waals surface area contributed by atoms with Crippen LogP contribution in [0.4, 0.5) is 5.69 Å². The Labute approximate surface area is 138 Å². The summed E-state index contributed by atoms with van der Waals surface area (Å²) in [5.74, 6) is 0.769. The summed E-state index contributed by atoms with van der Waals surface area (Å²) in [6.07, 6.45) is 7.60. The first kappa shape index (κ1) is 17.7. The van der Waals surface area contributed by atoms with Crippen molar-refractivity contribution in [3.05, 3.63) is 18.5 Å². The summed E-state index contributed by atoms with van der Waals surface area (Å²) < 4.78 is 17.2. The first-order valence-corrected chi connectivity index (χ1v) is 9.47. The highest BCUT2D eigenvalue weighted by Crippen LogP contribution is 2.22. The van der Waals surface area contributed by atoms with Gasteiger partial charge in [-0.1, -0.05) is 0 Å². The maximum atomic E-state index is 9.22. The molecule has 0 spiro atoms. The molecule has 0 amide bonds. The van der Waals surface area contributed by atoms with Gasteiger partial charge in [-0.05, 0) is 44.8 Å². The maximum absolute atomic E-state index is 9.22. The van der Waals surface area contributed by atoms with Gasteiger partial charge < -0.3 is 19.6 Å². The largest absolute Gasteiger partial charge is 0.445 e. The molecule has 2 aromatic rings. The van der Waals surface area contributed by atoms with Crippen LogP contribution >= 0.6 is 0 Å². The molecule has 1 fully saturated rings. The first-order valence-electron chi connectivity index (χ1n) is 7.91. The van der Waals surface area contributed by atoms with Gasteiger partial charge >= 0.3 is 0 Å². The molecule has 1 aliphatic rings. The van der Waals surface area contributed by atoms with Crippen molar-refractivity contribution in [3.8, 4) is 0 Å². The monoisotopic (exact) mass is 337 g/mol. The Hall–Kier alpha value is -1.67. The molecule has 128 valence electrons. The highest BCUT2D eigenvalue weighted by atomic mass is 32.2. The minimum Gasteiger partial charge on any atom is -0.445 e. The van der Waals surface area contributed by atoms with E-state index in [1.807, 2.05) is 23.1 Å². The van der Waals surface area contributed by atoms with Crippen molar-refractivity contribution >= 4 is 27.3 Å². The standard InChI is InChI=1S/C14H21N5.CH4NOS/c1-2-19-14-12(10-18-19)13(5-8-16-14)17-9-11-3-6-15-7-4-11;1-4(2)3/h5,8,10-11,15H,2-4,6-7,9H2,1H3,(H,16,17);2H,1H3/q;-1. The van der Waals surface area contributed by atoms with Crippen molar-refractivity contribution in [2.24, 2.45) is 5.92 Å². The fourth-order valence-corrected chi connectivity index (χ4v) is 2.70. The molecule has 0 aliphatic carbocycles. The van der Waals surface area contributed by atoms with E-state index < -0.39 is 10.6 Å². The van der Waals surface area contributed by atoms with Gasteiger partial charge in [0.05, 0.1) is 11.6 Å². The molecule has 0 radical (unpaired) electrons. The number of nitrogens with zero attached hydrogens (tertiary/aromatic N) is 3. The highest BCUT2D eigenvalue weighted by molar-refractivity contribution is 7.72. The molecule has 0 unspecified atom stereocenters. The van der Waals surface area contributed by atoms with Gasteiger partial charge in [0.25, 0.3) is 0 Å². The van der Waals surface area contributed by atoms with Crippen LogP contribution in [0.5, 0.6) is 0 Å². The second kappa shape index (κ2) is 8.83. The van der Waals surface area contributed by atoms with E-state index in [-0.39, 0.29) is 0 Å². The van der Waals surface area contributed by atoms with Crippen LogP contribution in [0, 0.1) is 10.7 Å². The summed E-state index contributed by atoms with van der Waals surface area (Å²) in [6, 6.07) is 2.05. The number of anilines is 1. The van der Waals surface area contributed by atoms with E-state index in [4.69, 9.17) is 4.78 Å². The summed E-state index contributed by atoms with van der Waals surface area (Å²) >= 11 is 0. The number of hydrogen-bond donors (Lipinski definition) is 3. The number of fused-ring (bicyclic) bond motifs is 1. The molecule has 2 aromatic heterocycles. The molecular weight excluding hydrogens is 312 g/mol. The van der Waals surface area contributed by atoms with E-state index in [0.29, 0.717) is 0 Å². The Balaban J connectivity index is 0.000000433. The minimum absolute atomic E-state index is 0.769. The molecule has 3 N–H and O–H groups in total. The summed E-state index contributed by atoms with van der Waals surface area (Å²) in [4.78, 5) is 4.42. The molecule has 0 bridgehead atoms. The van der Waals surface area contributed by atoms with Gasteiger partial charge in [-0.2, -0.15) is 15.7 Å². The lowest BCUT2D eigenvalue weighted by atomic mass is 9.98. The average Bonchev–Trinajstić information content (AvgIpc) is 2.97. The Morgan fingerprint density at radius 3 is 2.83 bits per heavy atom. The fourth-order valence-electron chi connectivity index (χ4n) is 2.70. The lowest BCUT2D eigenvalue weighted by Crippen LogP contribution is -2.31. The van der Waals surface area contributed by atoms with Gasteiger partial charge in [-0.15, -0.1) is 6.26 Å². The molecule has 23 heavy (non-hydrogen) atoms. The normalized spacial score (nSPS) is 15.4. The predicted molar refractivity (Wildman–Crippen MR) is 94.0 cm³/mol. The van der Waals surface area contributed by atoms with Crippen LogP contribution < -0.4 is 10.6 Å². The quantitative estimate of drug-likeness (QED) is 0.743. The number of piperidine rings is 1. The third-order valence-corrected chi connectivity index (χ3v) is 3.88. The molecule has 0 saturated carbocycles. The summed E-state index contributed by atoms with van der Waals surface area (Å²) in [6.45, 7) is 6.27. The van der Waals surface area contributed by atoms with Gasteiger partial charge in [-0.25, -0.2) is 9.67 Å². The second-order valence-electron chi connectivity index (χ2n) is 5.58. The third-order valence-electron chi connectivity index (χ3n) is 3.88. The molecule has 7 nitrogen and oxygen atoms in total. The molecule has 3 heterocycles. The predicted octanol–water partition coefficient (Wildman–Crippen LogP) is 2.21. The van der Waals surface area contributed by atoms with E-state index in [1.165, 1.54) is 19.1 Å². The zero-order valence-corrected chi connectivity index (χ0v) is 14.5. The Morgan fingerprint density at radius 2 is 2.17 bits per heavy atom. The van der Waals surface area contributed by atoms with E-state index in [2.05, 4.69) is 27.6 Å². The van der Waals surface area contributed by atoms with Crippen LogP contribution in [0.3, 0.4) is 0 Å². The van der Waals surface area contributed by atoms with Gasteiger partial charge in [-0.3, -0.25) is 0 Å². The Bertz CT molecular complexity index is 682. The molecule has 1 aliphatic heterocycles. The second-order valence-corrected chi connectivity index (χ2v) is 6.49. The summed E-state index contributed by atoms with van der Waals surface area (Å²) in [7, 11) is -1.36. The maximum Gasteiger partial charge on any atom is 0.159 e. The van der Waals surface area contributed by atoms with Crippen LogP contribution in [-0.4, -0.2) is 40.7 Å². The van der Waals surface area contributed by atoms with Gasteiger partial charge in [0, 0.05) is 25.0 Å². The fraction of sp³-hybridized carbons (Fsp3) is 0.600. The number of aryl methyl sites for hydroxylation is 1. The van der Waals surface area contributed by atoms with Crippen LogP contribution in [0.15, 0.2) is 18.5 Å². The van der Waals surface area contributed by atoms with E-state index >= 15 is 0 Å². The highest BCUT2D eigenvalue weighted by Gasteiger charge is 2.13. The summed E-state index contributed by atoms with van der Waals surface area (Å²) in [5.41, 5.74) is 2.13. The third kappa shape index (κ3) is 5.18. The number of pyridine rings is 1. The van der Waals surface area contributed by atoms with Crippen molar-refractivity contribution < 1.29 is 4.21 Å². The first-order chi connectivity index (χ1) is 11.1. The Morgan fingerprint density at radius 1 is 1.48 bits per heavy atom. The van der Waals surface area contributed by atoms with Crippen LogP contribution in [0.2, 0.25) is 0 Å². The zero-order valence-electron chi connectivity index (χ0n) is 13.7. The number of nitrogens with one attached hydrogen (secondary N) is 3. The SMILES string of the molecule is CCn1ncc2c(NCC3CCNCC3)ccnc21.C[S-](=N)=O. The molecule has 8 heteroatoms. The molecule has 0 aromatic carbocycles. The molecule has 1 saturated heterocycles. The van der Waals surface area contributed by atoms with E-state index in [0.717, 1.165) is 48.8 Å². The van der Waals surface area contributed by atoms with E-state index in [1.54, 1.807) is 0 Å². The van der Waals surface area contributed by atoms with E-state index in [9.17, 15) is 4.21 Å². The molecular formula is C15H25N6OS-.